The molecule has 4 nitrogen and oxygen atoms in total. The largest absolute Gasteiger partial charge is 0.433 e. The van der Waals surface area contributed by atoms with Crippen LogP contribution in [0.1, 0.15) is 11.4 Å². The van der Waals surface area contributed by atoms with Crippen LogP contribution in [0, 0.1) is 0 Å². The molecule has 1 heterocycles. The number of hydrogen-bond donors (Lipinski definition) is 0. The van der Waals surface area contributed by atoms with Crippen molar-refractivity contribution >= 4 is 10.1 Å². The molecule has 0 atom stereocenters. The summed E-state index contributed by atoms with van der Waals surface area (Å²) in [7, 11) is -3.69. The lowest BCUT2D eigenvalue weighted by molar-refractivity contribution is -0.141. The molecule has 90 valence electrons. The Kier molecular flexibility index (Phi) is 3.54. The zero-order valence-corrected chi connectivity index (χ0v) is 8.97. The van der Waals surface area contributed by atoms with Gasteiger partial charge < -0.3 is 0 Å². The highest BCUT2D eigenvalue weighted by molar-refractivity contribution is 7.85. The van der Waals surface area contributed by atoms with E-state index in [1.165, 1.54) is 6.07 Å². The van der Waals surface area contributed by atoms with Gasteiger partial charge in [-0.3, -0.25) is 4.18 Å². The molecule has 0 aliphatic heterocycles. The number of pyridine rings is 1. The Balaban J connectivity index is 2.84. The normalized spacial score (nSPS) is 12.8. The summed E-state index contributed by atoms with van der Waals surface area (Å²) in [4.78, 5) is 3.23. The van der Waals surface area contributed by atoms with Crippen LogP contribution in [0.15, 0.2) is 18.2 Å². The lowest BCUT2D eigenvalue weighted by atomic mass is 10.3. The number of hydrogen-bond acceptors (Lipinski definition) is 4. The zero-order valence-electron chi connectivity index (χ0n) is 8.15. The number of aromatic nitrogens is 1. The molecular weight excluding hydrogens is 247 g/mol. The van der Waals surface area contributed by atoms with Crippen molar-refractivity contribution in [2.75, 3.05) is 6.26 Å². The van der Waals surface area contributed by atoms with Crippen LogP contribution in [0.4, 0.5) is 13.2 Å². The molecule has 0 amide bonds. The highest BCUT2D eigenvalue weighted by atomic mass is 32.2. The minimum atomic E-state index is -4.55. The van der Waals surface area contributed by atoms with Crippen LogP contribution < -0.4 is 0 Å². The summed E-state index contributed by atoms with van der Waals surface area (Å²) in [5.74, 6) is 0. The molecule has 0 N–H and O–H groups in total. The van der Waals surface area contributed by atoms with E-state index in [4.69, 9.17) is 0 Å². The molecule has 1 aromatic heterocycles. The summed E-state index contributed by atoms with van der Waals surface area (Å²) in [5.41, 5.74) is -1.18. The maximum absolute atomic E-state index is 12.2. The highest BCUT2D eigenvalue weighted by Crippen LogP contribution is 2.27. The highest BCUT2D eigenvalue weighted by Gasteiger charge is 2.32. The molecule has 0 fully saturated rings. The maximum atomic E-state index is 12.2. The van der Waals surface area contributed by atoms with E-state index in [0.29, 0.717) is 0 Å². The Bertz CT molecular complexity index is 470. The first-order chi connectivity index (χ1) is 7.18. The van der Waals surface area contributed by atoms with Crippen LogP contribution in [0.3, 0.4) is 0 Å². The number of rotatable bonds is 3. The summed E-state index contributed by atoms with van der Waals surface area (Å²) in [6.07, 6.45) is -3.75. The maximum Gasteiger partial charge on any atom is 0.433 e. The smallest absolute Gasteiger partial charge is 0.264 e. The van der Waals surface area contributed by atoms with Gasteiger partial charge in [0.25, 0.3) is 10.1 Å². The van der Waals surface area contributed by atoms with Gasteiger partial charge >= 0.3 is 6.18 Å². The predicted octanol–water partition coefficient (Wildman–Crippen LogP) is 1.58. The van der Waals surface area contributed by atoms with E-state index < -0.39 is 28.6 Å². The number of nitrogens with zero attached hydrogens (tertiary/aromatic N) is 1. The molecule has 0 saturated carbocycles. The van der Waals surface area contributed by atoms with Crippen LogP contribution in [0.5, 0.6) is 0 Å². The summed E-state index contributed by atoms with van der Waals surface area (Å²) >= 11 is 0. The fourth-order valence-corrected chi connectivity index (χ4v) is 1.22. The van der Waals surface area contributed by atoms with Gasteiger partial charge in [0.05, 0.1) is 11.9 Å². The molecule has 0 spiro atoms. The van der Waals surface area contributed by atoms with E-state index in [1.807, 2.05) is 0 Å². The third-order valence-corrected chi connectivity index (χ3v) is 2.06. The molecule has 16 heavy (non-hydrogen) atoms. The minimum absolute atomic E-state index is 0.0970. The molecule has 0 radical (unpaired) electrons. The first-order valence-electron chi connectivity index (χ1n) is 4.06. The molecule has 0 saturated heterocycles. The zero-order chi connectivity index (χ0) is 12.4. The van der Waals surface area contributed by atoms with Gasteiger partial charge in [-0.1, -0.05) is 6.07 Å². The lowest BCUT2D eigenvalue weighted by Gasteiger charge is -2.07. The van der Waals surface area contributed by atoms with Crippen LogP contribution in [-0.4, -0.2) is 19.7 Å². The summed E-state index contributed by atoms with van der Waals surface area (Å²) in [6.45, 7) is -0.511. The molecule has 0 aromatic carbocycles. The van der Waals surface area contributed by atoms with Crippen molar-refractivity contribution in [2.45, 2.75) is 12.8 Å². The molecule has 0 bridgehead atoms. The fraction of sp³-hybridized carbons (Fsp3) is 0.375. The molecule has 1 rings (SSSR count). The first kappa shape index (κ1) is 12.9. The van der Waals surface area contributed by atoms with Crippen molar-refractivity contribution in [3.05, 3.63) is 29.6 Å². The van der Waals surface area contributed by atoms with Gasteiger partial charge in [0.15, 0.2) is 0 Å². The van der Waals surface area contributed by atoms with Crippen molar-refractivity contribution in [2.24, 2.45) is 0 Å². The number of alkyl halides is 3. The van der Waals surface area contributed by atoms with E-state index in [0.717, 1.165) is 18.4 Å². The van der Waals surface area contributed by atoms with Gasteiger partial charge in [0, 0.05) is 0 Å². The Labute approximate surface area is 90.2 Å². The van der Waals surface area contributed by atoms with Crippen LogP contribution >= 0.6 is 0 Å². The Hall–Kier alpha value is -1.15. The van der Waals surface area contributed by atoms with Crippen molar-refractivity contribution in [1.29, 1.82) is 0 Å². The lowest BCUT2D eigenvalue weighted by Crippen LogP contribution is -2.10. The van der Waals surface area contributed by atoms with E-state index in [2.05, 4.69) is 9.17 Å². The van der Waals surface area contributed by atoms with E-state index in [-0.39, 0.29) is 5.69 Å². The van der Waals surface area contributed by atoms with E-state index in [1.54, 1.807) is 0 Å². The SMILES string of the molecule is CS(=O)(=O)OCc1cccc(C(F)(F)F)n1. The molecule has 8 heteroatoms. The average molecular weight is 255 g/mol. The predicted molar refractivity (Wildman–Crippen MR) is 48.9 cm³/mol. The summed E-state index contributed by atoms with van der Waals surface area (Å²) in [6, 6.07) is 3.18. The molecule has 0 unspecified atom stereocenters. The van der Waals surface area contributed by atoms with Gasteiger partial charge in [0.1, 0.15) is 12.3 Å². The third-order valence-electron chi connectivity index (χ3n) is 1.52. The van der Waals surface area contributed by atoms with Crippen molar-refractivity contribution in [3.63, 3.8) is 0 Å². The van der Waals surface area contributed by atoms with E-state index in [9.17, 15) is 21.6 Å². The second-order valence-electron chi connectivity index (χ2n) is 2.98. The average Bonchev–Trinajstić information content (AvgIpc) is 2.13. The van der Waals surface area contributed by atoms with Gasteiger partial charge in [-0.15, -0.1) is 0 Å². The molecule has 1 aromatic rings. The van der Waals surface area contributed by atoms with Gasteiger partial charge in [0.2, 0.25) is 0 Å². The standard InChI is InChI=1S/C8H8F3NO3S/c1-16(13,14)15-5-6-3-2-4-7(12-6)8(9,10)11/h2-4H,5H2,1H3. The van der Waals surface area contributed by atoms with E-state index >= 15 is 0 Å². The summed E-state index contributed by atoms with van der Waals surface area (Å²) < 4.78 is 62.2. The Morgan fingerprint density at radius 1 is 1.38 bits per heavy atom. The van der Waals surface area contributed by atoms with Crippen molar-refractivity contribution < 1.29 is 25.8 Å². The first-order valence-corrected chi connectivity index (χ1v) is 5.88. The molecule has 0 aliphatic rings. The quantitative estimate of drug-likeness (QED) is 0.769. The Morgan fingerprint density at radius 3 is 2.50 bits per heavy atom. The minimum Gasteiger partial charge on any atom is -0.264 e. The number of halogens is 3. The van der Waals surface area contributed by atoms with Gasteiger partial charge in [-0.2, -0.15) is 21.6 Å². The molecule has 0 aliphatic carbocycles. The second kappa shape index (κ2) is 4.38. The molecular formula is C8H8F3NO3S. The summed E-state index contributed by atoms with van der Waals surface area (Å²) in [5, 5.41) is 0. The van der Waals surface area contributed by atoms with Crippen LogP contribution in [-0.2, 0) is 27.1 Å². The van der Waals surface area contributed by atoms with Crippen molar-refractivity contribution in [3.8, 4) is 0 Å². The van der Waals surface area contributed by atoms with Crippen molar-refractivity contribution in [1.82, 2.24) is 4.98 Å². The fourth-order valence-electron chi connectivity index (χ4n) is 0.885. The van der Waals surface area contributed by atoms with Gasteiger partial charge in [-0.25, -0.2) is 4.98 Å². The third kappa shape index (κ3) is 4.15. The van der Waals surface area contributed by atoms with Crippen LogP contribution in [0.25, 0.3) is 0 Å². The van der Waals surface area contributed by atoms with Crippen LogP contribution in [0.2, 0.25) is 0 Å². The monoisotopic (exact) mass is 255 g/mol. The topological polar surface area (TPSA) is 56.3 Å². The van der Waals surface area contributed by atoms with Gasteiger partial charge in [-0.05, 0) is 12.1 Å². The Morgan fingerprint density at radius 2 is 2.00 bits per heavy atom. The second-order valence-corrected chi connectivity index (χ2v) is 4.62.